The maximum absolute atomic E-state index is 11.9. The Morgan fingerprint density at radius 2 is 2.00 bits per heavy atom. The second-order valence-corrected chi connectivity index (χ2v) is 6.83. The highest BCUT2D eigenvalue weighted by Gasteiger charge is 2.44. The van der Waals surface area contributed by atoms with Crippen molar-refractivity contribution in [3.05, 3.63) is 33.4 Å². The first-order valence-corrected chi connectivity index (χ1v) is 8.81. The van der Waals surface area contributed by atoms with E-state index in [0.717, 1.165) is 28.4 Å². The first-order chi connectivity index (χ1) is 10.4. The summed E-state index contributed by atoms with van der Waals surface area (Å²) in [6, 6.07) is 7.68. The van der Waals surface area contributed by atoms with Gasteiger partial charge in [-0.25, -0.2) is 4.79 Å². The van der Waals surface area contributed by atoms with Gasteiger partial charge in [0.1, 0.15) is 0 Å². The lowest BCUT2D eigenvalue weighted by atomic mass is 9.93. The first kappa shape index (κ1) is 19.2. The molecule has 0 saturated heterocycles. The van der Waals surface area contributed by atoms with Crippen LogP contribution in [-0.2, 0) is 10.5 Å². The minimum atomic E-state index is -0.951. The fourth-order valence-electron chi connectivity index (χ4n) is 2.88. The Bertz CT molecular complexity index is 493. The van der Waals surface area contributed by atoms with E-state index in [2.05, 4.69) is 29.5 Å². The van der Waals surface area contributed by atoms with Crippen LogP contribution in [-0.4, -0.2) is 29.3 Å². The molecule has 22 heavy (non-hydrogen) atoms. The van der Waals surface area contributed by atoms with Gasteiger partial charge in [0.2, 0.25) is 0 Å². The summed E-state index contributed by atoms with van der Waals surface area (Å²) >= 11 is 2.25. The first-order valence-electron chi connectivity index (χ1n) is 7.73. The SMILES string of the molecule is CCCCC[C@](OC)(c1ccccc1I)N(C(=O)O)C(C)C. The molecule has 0 aromatic heterocycles. The normalized spacial score (nSPS) is 13.9. The smallest absolute Gasteiger partial charge is 0.410 e. The van der Waals surface area contributed by atoms with Crippen LogP contribution in [0.1, 0.15) is 52.0 Å². The number of carboxylic acid groups (broad SMARTS) is 1. The molecule has 0 fully saturated rings. The summed E-state index contributed by atoms with van der Waals surface area (Å²) in [6.45, 7) is 5.91. The highest BCUT2D eigenvalue weighted by Crippen LogP contribution is 2.39. The number of methoxy groups -OCH3 is 1. The number of unbranched alkanes of at least 4 members (excludes halogenated alkanes) is 2. The third kappa shape index (κ3) is 4.13. The number of ether oxygens (including phenoxy) is 1. The van der Waals surface area contributed by atoms with E-state index in [0.29, 0.717) is 6.42 Å². The Morgan fingerprint density at radius 1 is 1.36 bits per heavy atom. The molecule has 5 heteroatoms. The minimum Gasteiger partial charge on any atom is -0.465 e. The van der Waals surface area contributed by atoms with Gasteiger partial charge in [-0.15, -0.1) is 0 Å². The van der Waals surface area contributed by atoms with Gasteiger partial charge < -0.3 is 9.84 Å². The molecule has 0 bridgehead atoms. The summed E-state index contributed by atoms with van der Waals surface area (Å²) in [5, 5.41) is 9.76. The van der Waals surface area contributed by atoms with Crippen LogP contribution in [0.25, 0.3) is 0 Å². The van der Waals surface area contributed by atoms with E-state index in [4.69, 9.17) is 4.74 Å². The van der Waals surface area contributed by atoms with Crippen molar-refractivity contribution in [2.45, 2.75) is 58.2 Å². The van der Waals surface area contributed by atoms with Crippen LogP contribution in [0.15, 0.2) is 24.3 Å². The maximum Gasteiger partial charge on any atom is 0.410 e. The molecule has 1 atom stereocenters. The summed E-state index contributed by atoms with van der Waals surface area (Å²) in [5.41, 5.74) is -0.0160. The highest BCUT2D eigenvalue weighted by atomic mass is 127. The second-order valence-electron chi connectivity index (χ2n) is 5.67. The van der Waals surface area contributed by atoms with Gasteiger partial charge in [-0.1, -0.05) is 38.0 Å². The number of carbonyl (C=O) groups is 1. The van der Waals surface area contributed by atoms with Gasteiger partial charge >= 0.3 is 6.09 Å². The molecular formula is C17H26INO3. The lowest BCUT2D eigenvalue weighted by molar-refractivity contribution is -0.146. The number of amides is 1. The van der Waals surface area contributed by atoms with Gasteiger partial charge in [0.05, 0.1) is 0 Å². The van der Waals surface area contributed by atoms with E-state index in [9.17, 15) is 9.90 Å². The van der Waals surface area contributed by atoms with E-state index < -0.39 is 11.8 Å². The maximum atomic E-state index is 11.9. The zero-order valence-corrected chi connectivity index (χ0v) is 16.0. The summed E-state index contributed by atoms with van der Waals surface area (Å²) in [6.07, 6.45) is 2.77. The molecule has 1 aromatic carbocycles. The number of rotatable bonds is 8. The minimum absolute atomic E-state index is 0.171. The molecule has 0 radical (unpaired) electrons. The number of hydrogen-bond donors (Lipinski definition) is 1. The molecule has 1 amide bonds. The van der Waals surface area contributed by atoms with Crippen molar-refractivity contribution in [3.8, 4) is 0 Å². The summed E-state index contributed by atoms with van der Waals surface area (Å²) in [5.74, 6) is 0. The molecule has 0 unspecified atom stereocenters. The molecule has 0 aliphatic rings. The molecule has 0 aliphatic heterocycles. The van der Waals surface area contributed by atoms with Crippen LogP contribution in [0, 0.1) is 3.57 Å². The third-order valence-electron chi connectivity index (χ3n) is 3.86. The largest absolute Gasteiger partial charge is 0.465 e. The topological polar surface area (TPSA) is 49.8 Å². The predicted molar refractivity (Wildman–Crippen MR) is 97.0 cm³/mol. The van der Waals surface area contributed by atoms with E-state index in [1.165, 1.54) is 4.90 Å². The van der Waals surface area contributed by atoms with Crippen molar-refractivity contribution in [2.75, 3.05) is 7.11 Å². The van der Waals surface area contributed by atoms with Gasteiger partial charge in [-0.3, -0.25) is 4.90 Å². The zero-order valence-electron chi connectivity index (χ0n) is 13.8. The van der Waals surface area contributed by atoms with Gasteiger partial charge in [0, 0.05) is 28.7 Å². The van der Waals surface area contributed by atoms with Gasteiger partial charge in [0.25, 0.3) is 0 Å². The second kappa shape index (κ2) is 8.72. The number of halogens is 1. The van der Waals surface area contributed by atoms with Crippen LogP contribution in [0.4, 0.5) is 4.79 Å². The van der Waals surface area contributed by atoms with Crippen molar-refractivity contribution in [1.82, 2.24) is 4.90 Å². The Labute approximate surface area is 147 Å². The molecule has 1 rings (SSSR count). The van der Waals surface area contributed by atoms with E-state index in [1.54, 1.807) is 7.11 Å². The van der Waals surface area contributed by atoms with Crippen molar-refractivity contribution in [3.63, 3.8) is 0 Å². The van der Waals surface area contributed by atoms with Crippen LogP contribution in [0.5, 0.6) is 0 Å². The third-order valence-corrected chi connectivity index (χ3v) is 4.80. The van der Waals surface area contributed by atoms with E-state index in [1.807, 2.05) is 38.1 Å². The molecule has 1 aromatic rings. The number of hydrogen-bond acceptors (Lipinski definition) is 2. The summed E-state index contributed by atoms with van der Waals surface area (Å²) in [4.78, 5) is 13.4. The summed E-state index contributed by atoms with van der Waals surface area (Å²) < 4.78 is 6.90. The molecule has 0 heterocycles. The fourth-order valence-corrected chi connectivity index (χ4v) is 3.69. The number of benzene rings is 1. The molecule has 4 nitrogen and oxygen atoms in total. The molecular weight excluding hydrogens is 393 g/mol. The average Bonchev–Trinajstić information content (AvgIpc) is 2.46. The Balaban J connectivity index is 3.40. The van der Waals surface area contributed by atoms with Crippen molar-refractivity contribution in [2.24, 2.45) is 0 Å². The molecule has 0 aliphatic carbocycles. The molecule has 0 saturated carbocycles. The van der Waals surface area contributed by atoms with Gasteiger partial charge in [-0.2, -0.15) is 0 Å². The zero-order chi connectivity index (χ0) is 16.8. The molecule has 1 N–H and O–H groups in total. The van der Waals surface area contributed by atoms with Crippen LogP contribution >= 0.6 is 22.6 Å². The van der Waals surface area contributed by atoms with Crippen LogP contribution < -0.4 is 0 Å². The van der Waals surface area contributed by atoms with Gasteiger partial charge in [-0.05, 0) is 48.9 Å². The Morgan fingerprint density at radius 3 is 2.45 bits per heavy atom. The van der Waals surface area contributed by atoms with Gasteiger partial charge in [0.15, 0.2) is 5.72 Å². The summed E-state index contributed by atoms with van der Waals surface area (Å²) in [7, 11) is 1.60. The Hall–Kier alpha value is -0.820. The van der Waals surface area contributed by atoms with Crippen molar-refractivity contribution in [1.29, 1.82) is 0 Å². The molecule has 0 spiro atoms. The van der Waals surface area contributed by atoms with Crippen LogP contribution in [0.2, 0.25) is 0 Å². The quantitative estimate of drug-likeness (QED) is 0.364. The average molecular weight is 419 g/mol. The predicted octanol–water partition coefficient (Wildman–Crippen LogP) is 5.06. The monoisotopic (exact) mass is 419 g/mol. The highest BCUT2D eigenvalue weighted by molar-refractivity contribution is 14.1. The number of nitrogens with zero attached hydrogens (tertiary/aromatic N) is 1. The van der Waals surface area contributed by atoms with Crippen molar-refractivity contribution < 1.29 is 14.6 Å². The van der Waals surface area contributed by atoms with Crippen LogP contribution in [0.3, 0.4) is 0 Å². The standard InChI is InChI=1S/C17H26INO3/c1-5-6-9-12-17(22-4,19(13(2)3)16(20)21)14-10-7-8-11-15(14)18/h7-8,10-11,13H,5-6,9,12H2,1-4H3,(H,20,21)/t17-/m0/s1. The lowest BCUT2D eigenvalue weighted by Gasteiger charge is -2.44. The van der Waals surface area contributed by atoms with E-state index in [-0.39, 0.29) is 6.04 Å². The Kier molecular flexibility index (Phi) is 7.62. The molecule has 124 valence electrons. The van der Waals surface area contributed by atoms with Crippen molar-refractivity contribution >= 4 is 28.7 Å². The fraction of sp³-hybridized carbons (Fsp3) is 0.588. The lowest BCUT2D eigenvalue weighted by Crippen LogP contribution is -2.54. The van der Waals surface area contributed by atoms with E-state index >= 15 is 0 Å².